The summed E-state index contributed by atoms with van der Waals surface area (Å²) in [7, 11) is 0. The summed E-state index contributed by atoms with van der Waals surface area (Å²) in [5, 5.41) is 3.20. The van der Waals surface area contributed by atoms with Crippen molar-refractivity contribution in [2.24, 2.45) is 5.84 Å². The van der Waals surface area contributed by atoms with E-state index in [1.165, 1.54) is 0 Å². The molecule has 1 rings (SSSR count). The van der Waals surface area contributed by atoms with Crippen molar-refractivity contribution in [3.05, 3.63) is 30.3 Å². The molecule has 1 aromatic rings. The first kappa shape index (κ1) is 15.0. The van der Waals surface area contributed by atoms with Gasteiger partial charge in [0.2, 0.25) is 0 Å². The fourth-order valence-corrected chi connectivity index (χ4v) is 0.835. The maximum atomic E-state index is 5.10. The quantitative estimate of drug-likeness (QED) is 0.411. The van der Waals surface area contributed by atoms with Crippen molar-refractivity contribution in [1.29, 1.82) is 0 Å². The van der Waals surface area contributed by atoms with Crippen LogP contribution in [0.2, 0.25) is 0 Å². The first-order valence-electron chi connectivity index (χ1n) is 3.66. The van der Waals surface area contributed by atoms with E-state index < -0.39 is 0 Å². The molecule has 0 heterocycles. The van der Waals surface area contributed by atoms with Gasteiger partial charge in [0.25, 0.3) is 0 Å². The maximum absolute atomic E-state index is 5.10. The summed E-state index contributed by atoms with van der Waals surface area (Å²) < 4.78 is 0. The van der Waals surface area contributed by atoms with Crippen LogP contribution < -0.4 is 16.6 Å². The zero-order valence-corrected chi connectivity index (χ0v) is 8.83. The van der Waals surface area contributed by atoms with E-state index in [1.54, 1.807) is 0 Å². The van der Waals surface area contributed by atoms with E-state index in [0.717, 1.165) is 18.8 Å². The highest BCUT2D eigenvalue weighted by molar-refractivity contribution is 5.85. The highest BCUT2D eigenvalue weighted by Crippen LogP contribution is 2.02. The third kappa shape index (κ3) is 6.66. The van der Waals surface area contributed by atoms with Gasteiger partial charge in [0.15, 0.2) is 0 Å². The lowest BCUT2D eigenvalue weighted by molar-refractivity contribution is 0.753. The van der Waals surface area contributed by atoms with Crippen LogP contribution >= 0.6 is 24.8 Å². The second-order valence-corrected chi connectivity index (χ2v) is 2.25. The van der Waals surface area contributed by atoms with Crippen molar-refractivity contribution in [3.8, 4) is 0 Å². The molecule has 0 aliphatic heterocycles. The molecule has 0 amide bonds. The van der Waals surface area contributed by atoms with Crippen LogP contribution in [-0.2, 0) is 0 Å². The molecule has 0 bridgehead atoms. The van der Waals surface area contributed by atoms with Gasteiger partial charge in [0.05, 0.1) is 0 Å². The minimum absolute atomic E-state index is 0. The number of hydrazine groups is 1. The number of hydrogen-bond acceptors (Lipinski definition) is 3. The molecule has 0 radical (unpaired) electrons. The summed E-state index contributed by atoms with van der Waals surface area (Å²) in [6.07, 6.45) is 0. The smallest absolute Gasteiger partial charge is 0.0340 e. The van der Waals surface area contributed by atoms with Gasteiger partial charge < -0.3 is 5.32 Å². The molecule has 0 aliphatic carbocycles. The van der Waals surface area contributed by atoms with Crippen molar-refractivity contribution in [3.63, 3.8) is 0 Å². The Morgan fingerprint density at radius 1 is 1.00 bits per heavy atom. The molecular formula is C8H15Cl2N3. The Morgan fingerprint density at radius 2 is 1.62 bits per heavy atom. The van der Waals surface area contributed by atoms with E-state index in [9.17, 15) is 0 Å². The number of nitrogens with one attached hydrogen (secondary N) is 2. The van der Waals surface area contributed by atoms with Gasteiger partial charge in [-0.25, -0.2) is 0 Å². The molecule has 0 saturated carbocycles. The number of benzene rings is 1. The third-order valence-corrected chi connectivity index (χ3v) is 1.37. The number of halogens is 2. The van der Waals surface area contributed by atoms with Crippen LogP contribution in [0.1, 0.15) is 0 Å². The van der Waals surface area contributed by atoms with Crippen LogP contribution in [0, 0.1) is 0 Å². The van der Waals surface area contributed by atoms with E-state index in [-0.39, 0.29) is 24.8 Å². The van der Waals surface area contributed by atoms with Crippen LogP contribution in [0.4, 0.5) is 5.69 Å². The van der Waals surface area contributed by atoms with Gasteiger partial charge in [-0.05, 0) is 12.1 Å². The molecule has 13 heavy (non-hydrogen) atoms. The molecule has 0 aliphatic rings. The second-order valence-electron chi connectivity index (χ2n) is 2.25. The van der Waals surface area contributed by atoms with Crippen LogP contribution in [0.15, 0.2) is 30.3 Å². The molecule has 0 saturated heterocycles. The number of nitrogens with two attached hydrogens (primary N) is 1. The van der Waals surface area contributed by atoms with Gasteiger partial charge in [-0.3, -0.25) is 11.3 Å². The molecular weight excluding hydrogens is 209 g/mol. The lowest BCUT2D eigenvalue weighted by Crippen LogP contribution is -2.28. The lowest BCUT2D eigenvalue weighted by Gasteiger charge is -2.03. The Labute approximate surface area is 90.9 Å². The van der Waals surface area contributed by atoms with Crippen LogP contribution in [0.5, 0.6) is 0 Å². The van der Waals surface area contributed by atoms with E-state index in [0.29, 0.717) is 0 Å². The molecule has 0 unspecified atom stereocenters. The second kappa shape index (κ2) is 9.61. The van der Waals surface area contributed by atoms with Gasteiger partial charge >= 0.3 is 0 Å². The monoisotopic (exact) mass is 223 g/mol. The fourth-order valence-electron chi connectivity index (χ4n) is 0.835. The summed E-state index contributed by atoms with van der Waals surface area (Å²) >= 11 is 0. The summed E-state index contributed by atoms with van der Waals surface area (Å²) in [5.41, 5.74) is 3.70. The first-order chi connectivity index (χ1) is 5.43. The van der Waals surface area contributed by atoms with Crippen molar-refractivity contribution in [2.45, 2.75) is 0 Å². The van der Waals surface area contributed by atoms with Crippen LogP contribution in [0.3, 0.4) is 0 Å². The van der Waals surface area contributed by atoms with E-state index in [4.69, 9.17) is 5.84 Å². The predicted molar refractivity (Wildman–Crippen MR) is 61.6 cm³/mol. The molecule has 0 spiro atoms. The molecule has 3 nitrogen and oxygen atoms in total. The standard InChI is InChI=1S/C8H13N3.2ClH/c9-11-7-6-10-8-4-2-1-3-5-8;;/h1-5,10-11H,6-7,9H2;2*1H. The number of anilines is 1. The minimum Gasteiger partial charge on any atom is -0.384 e. The predicted octanol–water partition coefficient (Wildman–Crippen LogP) is 1.41. The van der Waals surface area contributed by atoms with E-state index in [2.05, 4.69) is 10.7 Å². The van der Waals surface area contributed by atoms with Crippen LogP contribution in [-0.4, -0.2) is 13.1 Å². The largest absolute Gasteiger partial charge is 0.384 e. The number of hydrogen-bond donors (Lipinski definition) is 3. The topological polar surface area (TPSA) is 50.1 Å². The number of para-hydroxylation sites is 1. The van der Waals surface area contributed by atoms with Crippen molar-refractivity contribution in [2.75, 3.05) is 18.4 Å². The third-order valence-electron chi connectivity index (χ3n) is 1.37. The van der Waals surface area contributed by atoms with Gasteiger partial charge in [0, 0.05) is 18.8 Å². The molecule has 1 aromatic carbocycles. The van der Waals surface area contributed by atoms with Crippen molar-refractivity contribution < 1.29 is 0 Å². The summed E-state index contributed by atoms with van der Waals surface area (Å²) in [4.78, 5) is 0. The highest BCUT2D eigenvalue weighted by Gasteiger charge is 1.85. The average Bonchev–Trinajstić information content (AvgIpc) is 2.07. The lowest BCUT2D eigenvalue weighted by atomic mass is 10.3. The number of rotatable bonds is 4. The molecule has 0 fully saturated rings. The Morgan fingerprint density at radius 3 is 2.15 bits per heavy atom. The van der Waals surface area contributed by atoms with Crippen LogP contribution in [0.25, 0.3) is 0 Å². The van der Waals surface area contributed by atoms with Gasteiger partial charge in [-0.15, -0.1) is 24.8 Å². The minimum atomic E-state index is 0. The molecule has 0 aromatic heterocycles. The summed E-state index contributed by atoms with van der Waals surface area (Å²) in [6.45, 7) is 1.62. The zero-order chi connectivity index (χ0) is 7.94. The fraction of sp³-hybridized carbons (Fsp3) is 0.250. The SMILES string of the molecule is Cl.Cl.NNCCNc1ccccc1. The molecule has 0 atom stereocenters. The van der Waals surface area contributed by atoms with Gasteiger partial charge in [-0.1, -0.05) is 18.2 Å². The molecule has 76 valence electrons. The Bertz CT molecular complexity index is 194. The summed E-state index contributed by atoms with van der Waals surface area (Å²) in [6, 6.07) is 10.0. The average molecular weight is 224 g/mol. The zero-order valence-electron chi connectivity index (χ0n) is 7.19. The van der Waals surface area contributed by atoms with Crippen molar-refractivity contribution in [1.82, 2.24) is 5.43 Å². The Kier molecular flexibility index (Phi) is 11.1. The normalized spacial score (nSPS) is 8.08. The Balaban J connectivity index is 0. The first-order valence-corrected chi connectivity index (χ1v) is 3.66. The Hall–Kier alpha value is -0.480. The van der Waals surface area contributed by atoms with Gasteiger partial charge in [-0.2, -0.15) is 0 Å². The maximum Gasteiger partial charge on any atom is 0.0340 e. The van der Waals surface area contributed by atoms with E-state index >= 15 is 0 Å². The molecule has 5 heteroatoms. The van der Waals surface area contributed by atoms with E-state index in [1.807, 2.05) is 30.3 Å². The molecule has 4 N–H and O–H groups in total. The van der Waals surface area contributed by atoms with Crippen molar-refractivity contribution >= 4 is 30.5 Å². The van der Waals surface area contributed by atoms with Gasteiger partial charge in [0.1, 0.15) is 0 Å². The highest BCUT2D eigenvalue weighted by atomic mass is 35.5. The summed E-state index contributed by atoms with van der Waals surface area (Å²) in [5.74, 6) is 5.10.